The van der Waals surface area contributed by atoms with Gasteiger partial charge in [-0.2, -0.15) is 0 Å². The molecule has 19 heavy (non-hydrogen) atoms. The van der Waals surface area contributed by atoms with E-state index in [0.29, 0.717) is 0 Å². The molecule has 104 valence electrons. The molecule has 0 bridgehead atoms. The third-order valence-electron chi connectivity index (χ3n) is 2.57. The molecule has 0 N–H and O–H groups in total. The molecule has 0 unspecified atom stereocenters. The second kappa shape index (κ2) is 5.47. The second-order valence-electron chi connectivity index (χ2n) is 3.55. The molecule has 1 rings (SSSR count). The molecule has 1 heterocycles. The van der Waals surface area contributed by atoms with E-state index < -0.39 is 22.0 Å². The van der Waals surface area contributed by atoms with E-state index in [9.17, 15) is 28.8 Å². The summed E-state index contributed by atoms with van der Waals surface area (Å²) in [5, 5.41) is 0. The molecule has 0 spiro atoms. The zero-order chi connectivity index (χ0) is 14.7. The molecular weight excluding hydrogens is 315 g/mol. The van der Waals surface area contributed by atoms with Gasteiger partial charge in [0.15, 0.2) is 0 Å². The summed E-state index contributed by atoms with van der Waals surface area (Å²) in [5.74, 6) is 0. The van der Waals surface area contributed by atoms with Gasteiger partial charge in [-0.15, -0.1) is 0 Å². The van der Waals surface area contributed by atoms with Crippen LogP contribution in [0.25, 0.3) is 0 Å². The molecule has 0 aromatic carbocycles. The molecule has 0 saturated carbocycles. The maximum absolute atomic E-state index is 11.2. The fourth-order valence-corrected chi connectivity index (χ4v) is 12.4. The van der Waals surface area contributed by atoms with Crippen LogP contribution in [0.2, 0.25) is 0 Å². The molecule has 9 nitrogen and oxygen atoms in total. The van der Waals surface area contributed by atoms with Crippen molar-refractivity contribution in [3.05, 3.63) is 0 Å². The molecule has 0 aromatic rings. The number of hydrogen-bond donors (Lipinski definition) is 0. The standard InChI is InChI=1S/C7H10N3O6P3/c1-10-18(4-13,5-14)8-17(2-11,3-12)9-19(10,6-15)7-16/h2-7,18H,1H3. The van der Waals surface area contributed by atoms with E-state index in [1.165, 1.54) is 7.05 Å². The molecule has 0 fully saturated rings. The number of nitrogens with zero attached hydrogens (tertiary/aromatic N) is 3. The maximum atomic E-state index is 11.2. The number of carbonyl (C=O) groups is 6. The summed E-state index contributed by atoms with van der Waals surface area (Å²) >= 11 is 0. The first-order chi connectivity index (χ1) is 8.93. The topological polar surface area (TPSA) is 130 Å². The Bertz CT molecular complexity index is 553. The molecular formula is C7H10N3O6P3. The van der Waals surface area contributed by atoms with Crippen LogP contribution in [0, 0.1) is 0 Å². The molecule has 0 aromatic heterocycles. The van der Waals surface area contributed by atoms with Crippen molar-refractivity contribution in [1.29, 1.82) is 0 Å². The van der Waals surface area contributed by atoms with Crippen molar-refractivity contribution < 1.29 is 28.8 Å². The van der Waals surface area contributed by atoms with E-state index in [0.717, 1.165) is 4.44 Å². The van der Waals surface area contributed by atoms with Crippen LogP contribution in [-0.4, -0.2) is 47.7 Å². The van der Waals surface area contributed by atoms with Gasteiger partial charge in [0, 0.05) is 0 Å². The first kappa shape index (κ1) is 15.9. The summed E-state index contributed by atoms with van der Waals surface area (Å²) in [5.41, 5.74) is 0. The number of hydrogen-bond acceptors (Lipinski definition) is 9. The summed E-state index contributed by atoms with van der Waals surface area (Å²) in [7, 11) is -9.94. The quantitative estimate of drug-likeness (QED) is 0.523. The Morgan fingerprint density at radius 2 is 1.37 bits per heavy atom. The monoisotopic (exact) mass is 325 g/mol. The Kier molecular flexibility index (Phi) is 4.59. The van der Waals surface area contributed by atoms with E-state index in [1.54, 1.807) is 0 Å². The van der Waals surface area contributed by atoms with Crippen molar-refractivity contribution in [3.63, 3.8) is 0 Å². The number of rotatable bonds is 6. The molecule has 12 heteroatoms. The fourth-order valence-electron chi connectivity index (χ4n) is 1.44. The van der Waals surface area contributed by atoms with Crippen LogP contribution >= 0.6 is 22.0 Å². The zero-order valence-electron chi connectivity index (χ0n) is 9.65. The summed E-state index contributed by atoms with van der Waals surface area (Å²) < 4.78 is 8.40. The first-order valence-electron chi connectivity index (χ1n) is 4.72. The van der Waals surface area contributed by atoms with Crippen LogP contribution in [0.5, 0.6) is 0 Å². The zero-order valence-corrected chi connectivity index (χ0v) is 12.4. The minimum absolute atomic E-state index is 0.115. The van der Waals surface area contributed by atoms with Crippen LogP contribution in [0.4, 0.5) is 0 Å². The Morgan fingerprint density at radius 1 is 0.895 bits per heavy atom. The third kappa shape index (κ3) is 2.23. The van der Waals surface area contributed by atoms with Crippen LogP contribution < -0.4 is 0 Å². The van der Waals surface area contributed by atoms with Gasteiger partial charge in [-0.3, -0.25) is 0 Å². The molecule has 1 aliphatic rings. The molecule has 0 saturated heterocycles. The molecule has 0 radical (unpaired) electrons. The molecule has 0 atom stereocenters. The van der Waals surface area contributed by atoms with Gasteiger partial charge in [0.05, 0.1) is 0 Å². The van der Waals surface area contributed by atoms with Crippen LogP contribution in [-0.2, 0) is 28.8 Å². The minimum atomic E-state index is -3.91. The van der Waals surface area contributed by atoms with Gasteiger partial charge >= 0.3 is 107 Å². The van der Waals surface area contributed by atoms with Gasteiger partial charge in [0.1, 0.15) is 0 Å². The van der Waals surface area contributed by atoms with E-state index in [-0.39, 0.29) is 36.2 Å². The predicted molar refractivity (Wildman–Crippen MR) is 75.3 cm³/mol. The van der Waals surface area contributed by atoms with E-state index >= 15 is 0 Å². The van der Waals surface area contributed by atoms with Gasteiger partial charge in [-0.1, -0.05) is 0 Å². The average molecular weight is 325 g/mol. The van der Waals surface area contributed by atoms with Gasteiger partial charge in [-0.05, 0) is 0 Å². The first-order valence-corrected chi connectivity index (χ1v) is 10.4. The third-order valence-corrected chi connectivity index (χ3v) is 13.3. The van der Waals surface area contributed by atoms with Gasteiger partial charge in [0.2, 0.25) is 0 Å². The summed E-state index contributed by atoms with van der Waals surface area (Å²) in [6.07, 6.45) is 0. The van der Waals surface area contributed by atoms with E-state index in [2.05, 4.69) is 9.03 Å². The predicted octanol–water partition coefficient (Wildman–Crippen LogP) is 0.885. The van der Waals surface area contributed by atoms with Crippen molar-refractivity contribution in [2.75, 3.05) is 7.05 Å². The van der Waals surface area contributed by atoms with E-state index in [4.69, 9.17) is 0 Å². The summed E-state index contributed by atoms with van der Waals surface area (Å²) in [6.45, 7) is 0. The Morgan fingerprint density at radius 3 is 1.68 bits per heavy atom. The van der Waals surface area contributed by atoms with Crippen molar-refractivity contribution >= 4 is 58.1 Å². The normalized spacial score (nSPS) is 24.7. The van der Waals surface area contributed by atoms with E-state index in [1.807, 2.05) is 0 Å². The summed E-state index contributed by atoms with van der Waals surface area (Å²) in [4.78, 5) is 66.8. The van der Waals surface area contributed by atoms with Crippen LogP contribution in [0.15, 0.2) is 9.03 Å². The van der Waals surface area contributed by atoms with Crippen LogP contribution in [0.1, 0.15) is 0 Å². The molecule has 0 aliphatic carbocycles. The fraction of sp³-hybridized carbons (Fsp3) is 0.143. The van der Waals surface area contributed by atoms with Gasteiger partial charge in [0.25, 0.3) is 0 Å². The summed E-state index contributed by atoms with van der Waals surface area (Å²) in [6, 6.07) is 1.01. The number of carbonyl (C=O) groups excluding carboxylic acids is 6. The van der Waals surface area contributed by atoms with Gasteiger partial charge < -0.3 is 0 Å². The van der Waals surface area contributed by atoms with Gasteiger partial charge in [-0.25, -0.2) is 0 Å². The SMILES string of the molecule is CN1P(C=O)(C=O)=NP(C=O)(C=O)=N[PH]1(C=O)C=O. The Hall–Kier alpha value is -1.13. The Labute approximate surface area is 108 Å². The molecule has 0 amide bonds. The van der Waals surface area contributed by atoms with Crippen molar-refractivity contribution in [2.24, 2.45) is 9.03 Å². The molecule has 1 aliphatic heterocycles. The van der Waals surface area contributed by atoms with Crippen molar-refractivity contribution in [3.8, 4) is 0 Å². The van der Waals surface area contributed by atoms with Crippen LogP contribution in [0.3, 0.4) is 0 Å². The second-order valence-corrected chi connectivity index (χ2v) is 12.4. The Balaban J connectivity index is 3.90. The van der Waals surface area contributed by atoms with Crippen molar-refractivity contribution in [2.45, 2.75) is 0 Å². The van der Waals surface area contributed by atoms with Crippen molar-refractivity contribution in [1.82, 2.24) is 4.44 Å². The average Bonchev–Trinajstić information content (AvgIpc) is 2.48.